The molecule has 0 bridgehead atoms. The Bertz CT molecular complexity index is 690. The van der Waals surface area contributed by atoms with E-state index in [0.29, 0.717) is 23.3 Å². The second kappa shape index (κ2) is 6.29. The molecule has 1 aliphatic carbocycles. The van der Waals surface area contributed by atoms with Gasteiger partial charge in [-0.1, -0.05) is 6.07 Å². The van der Waals surface area contributed by atoms with Gasteiger partial charge in [0.25, 0.3) is 5.91 Å². The maximum atomic E-state index is 12.7. The van der Waals surface area contributed by atoms with Gasteiger partial charge in [0.1, 0.15) is 5.69 Å². The standard InChI is InChI=1S/C16H19N5O.ClH/c17-13-6-5-11-9-20(10-12(11)13)16(22)14-3-1-4-15(19-14)21-8-2-7-18-21;/h1-4,7-8,11-13H,5-6,9-10,17H2;1H. The van der Waals surface area contributed by atoms with E-state index in [1.165, 1.54) is 0 Å². The van der Waals surface area contributed by atoms with E-state index < -0.39 is 0 Å². The van der Waals surface area contributed by atoms with Crippen molar-refractivity contribution in [2.24, 2.45) is 17.6 Å². The zero-order valence-corrected chi connectivity index (χ0v) is 13.5. The zero-order chi connectivity index (χ0) is 15.1. The van der Waals surface area contributed by atoms with Gasteiger partial charge in [0.2, 0.25) is 0 Å². The lowest BCUT2D eigenvalue weighted by molar-refractivity contribution is 0.0773. The van der Waals surface area contributed by atoms with Crippen LogP contribution in [0.1, 0.15) is 23.3 Å². The Hall–Kier alpha value is -1.92. The number of halogens is 1. The molecule has 1 aliphatic heterocycles. The predicted molar refractivity (Wildman–Crippen MR) is 88.7 cm³/mol. The topological polar surface area (TPSA) is 77.0 Å². The highest BCUT2D eigenvalue weighted by molar-refractivity contribution is 5.92. The van der Waals surface area contributed by atoms with Crippen LogP contribution in [0.15, 0.2) is 36.7 Å². The van der Waals surface area contributed by atoms with Crippen LogP contribution in [0.5, 0.6) is 0 Å². The van der Waals surface area contributed by atoms with Crippen molar-refractivity contribution in [3.05, 3.63) is 42.4 Å². The molecule has 3 heterocycles. The van der Waals surface area contributed by atoms with E-state index in [0.717, 1.165) is 25.9 Å². The van der Waals surface area contributed by atoms with Gasteiger partial charge in [0, 0.05) is 31.5 Å². The third kappa shape index (κ3) is 2.84. The van der Waals surface area contributed by atoms with Crippen molar-refractivity contribution < 1.29 is 4.79 Å². The summed E-state index contributed by atoms with van der Waals surface area (Å²) in [4.78, 5) is 19.1. The molecule has 0 spiro atoms. The highest BCUT2D eigenvalue weighted by Crippen LogP contribution is 2.37. The normalized spacial score (nSPS) is 26.0. The number of nitrogens with two attached hydrogens (primary N) is 1. The van der Waals surface area contributed by atoms with Crippen LogP contribution >= 0.6 is 12.4 Å². The zero-order valence-electron chi connectivity index (χ0n) is 12.7. The molecule has 1 saturated heterocycles. The van der Waals surface area contributed by atoms with Crippen LogP contribution in [0.25, 0.3) is 5.82 Å². The summed E-state index contributed by atoms with van der Waals surface area (Å²) >= 11 is 0. The summed E-state index contributed by atoms with van der Waals surface area (Å²) in [7, 11) is 0. The van der Waals surface area contributed by atoms with Crippen LogP contribution in [-0.2, 0) is 0 Å². The van der Waals surface area contributed by atoms with Gasteiger partial charge in [0.15, 0.2) is 5.82 Å². The van der Waals surface area contributed by atoms with Crippen molar-refractivity contribution >= 4 is 18.3 Å². The SMILES string of the molecule is Cl.NC1CCC2CN(C(=O)c3cccc(-n4cccn4)n3)CC12. The molecule has 2 aromatic heterocycles. The second-order valence-corrected chi connectivity index (χ2v) is 6.21. The van der Waals surface area contributed by atoms with Crippen LogP contribution in [-0.4, -0.2) is 44.7 Å². The maximum absolute atomic E-state index is 12.7. The van der Waals surface area contributed by atoms with Crippen molar-refractivity contribution in [3.63, 3.8) is 0 Å². The molecule has 23 heavy (non-hydrogen) atoms. The molecule has 0 aromatic carbocycles. The number of pyridine rings is 1. The number of rotatable bonds is 2. The molecule has 2 aliphatic rings. The third-order valence-corrected chi connectivity index (χ3v) is 4.89. The summed E-state index contributed by atoms with van der Waals surface area (Å²) in [5.41, 5.74) is 6.62. The van der Waals surface area contributed by atoms with Gasteiger partial charge in [-0.15, -0.1) is 12.4 Å². The number of hydrogen-bond donors (Lipinski definition) is 1. The van der Waals surface area contributed by atoms with Gasteiger partial charge in [-0.3, -0.25) is 4.79 Å². The summed E-state index contributed by atoms with van der Waals surface area (Å²) in [6.07, 6.45) is 5.73. The number of aromatic nitrogens is 3. The van der Waals surface area contributed by atoms with Crippen molar-refractivity contribution in [1.29, 1.82) is 0 Å². The maximum Gasteiger partial charge on any atom is 0.272 e. The number of fused-ring (bicyclic) bond motifs is 1. The van der Waals surface area contributed by atoms with Crippen molar-refractivity contribution in [1.82, 2.24) is 19.7 Å². The minimum atomic E-state index is -0.00407. The van der Waals surface area contributed by atoms with Crippen LogP contribution in [0.4, 0.5) is 0 Å². The molecule has 3 unspecified atom stereocenters. The number of nitrogens with zero attached hydrogens (tertiary/aromatic N) is 4. The fourth-order valence-corrected chi connectivity index (χ4v) is 3.71. The first-order valence-electron chi connectivity index (χ1n) is 7.74. The molecule has 3 atom stereocenters. The fraction of sp³-hybridized carbons (Fsp3) is 0.438. The average Bonchev–Trinajstić information content (AvgIpc) is 3.25. The molecule has 2 aromatic rings. The van der Waals surface area contributed by atoms with Crippen LogP contribution in [0.2, 0.25) is 0 Å². The number of likely N-dealkylation sites (tertiary alicyclic amines) is 1. The molecule has 4 rings (SSSR count). The van der Waals surface area contributed by atoms with Crippen molar-refractivity contribution in [2.75, 3.05) is 13.1 Å². The van der Waals surface area contributed by atoms with Gasteiger partial charge in [0.05, 0.1) is 0 Å². The molecule has 1 amide bonds. The third-order valence-electron chi connectivity index (χ3n) is 4.89. The summed E-state index contributed by atoms with van der Waals surface area (Å²) < 4.78 is 1.66. The molecule has 2 fully saturated rings. The Morgan fingerprint density at radius 2 is 2.09 bits per heavy atom. The Morgan fingerprint density at radius 1 is 1.22 bits per heavy atom. The fourth-order valence-electron chi connectivity index (χ4n) is 3.71. The van der Waals surface area contributed by atoms with E-state index >= 15 is 0 Å². The van der Waals surface area contributed by atoms with E-state index in [2.05, 4.69) is 10.1 Å². The lowest BCUT2D eigenvalue weighted by atomic mass is 9.98. The molecular formula is C16H20ClN5O. The number of carbonyl (C=O) groups excluding carboxylic acids is 1. The van der Waals surface area contributed by atoms with Crippen LogP contribution in [0.3, 0.4) is 0 Å². The Labute approximate surface area is 141 Å². The molecule has 1 saturated carbocycles. The monoisotopic (exact) mass is 333 g/mol. The Morgan fingerprint density at radius 3 is 2.83 bits per heavy atom. The summed E-state index contributed by atoms with van der Waals surface area (Å²) in [5.74, 6) is 1.68. The largest absolute Gasteiger partial charge is 0.337 e. The smallest absolute Gasteiger partial charge is 0.272 e. The lowest BCUT2D eigenvalue weighted by Gasteiger charge is -2.18. The molecule has 2 N–H and O–H groups in total. The van der Waals surface area contributed by atoms with E-state index in [9.17, 15) is 4.79 Å². The highest BCUT2D eigenvalue weighted by Gasteiger charge is 2.42. The average molecular weight is 334 g/mol. The van der Waals surface area contributed by atoms with E-state index in [-0.39, 0.29) is 24.4 Å². The first kappa shape index (κ1) is 16.0. The highest BCUT2D eigenvalue weighted by atomic mass is 35.5. The van der Waals surface area contributed by atoms with Gasteiger partial charge in [-0.05, 0) is 42.9 Å². The Kier molecular flexibility index (Phi) is 4.37. The number of carbonyl (C=O) groups is 1. The Balaban J connectivity index is 0.00000156. The first-order valence-corrected chi connectivity index (χ1v) is 7.74. The molecule has 122 valence electrons. The lowest BCUT2D eigenvalue weighted by Crippen LogP contribution is -2.34. The van der Waals surface area contributed by atoms with E-state index in [1.807, 2.05) is 29.3 Å². The van der Waals surface area contributed by atoms with Gasteiger partial charge >= 0.3 is 0 Å². The van der Waals surface area contributed by atoms with Crippen molar-refractivity contribution in [2.45, 2.75) is 18.9 Å². The summed E-state index contributed by atoms with van der Waals surface area (Å²) in [5, 5.41) is 4.15. The second-order valence-electron chi connectivity index (χ2n) is 6.21. The van der Waals surface area contributed by atoms with Crippen molar-refractivity contribution in [3.8, 4) is 5.82 Å². The van der Waals surface area contributed by atoms with E-state index in [1.54, 1.807) is 16.9 Å². The number of hydrogen-bond acceptors (Lipinski definition) is 4. The molecule has 7 heteroatoms. The van der Waals surface area contributed by atoms with Gasteiger partial charge < -0.3 is 10.6 Å². The quantitative estimate of drug-likeness (QED) is 0.903. The summed E-state index contributed by atoms with van der Waals surface area (Å²) in [6, 6.07) is 7.53. The number of amides is 1. The minimum absolute atomic E-state index is 0. The van der Waals surface area contributed by atoms with E-state index in [4.69, 9.17) is 5.73 Å². The minimum Gasteiger partial charge on any atom is -0.337 e. The first-order chi connectivity index (χ1) is 10.7. The summed E-state index contributed by atoms with van der Waals surface area (Å²) in [6.45, 7) is 1.57. The van der Waals surface area contributed by atoms with Gasteiger partial charge in [-0.25, -0.2) is 9.67 Å². The molecule has 0 radical (unpaired) electrons. The van der Waals surface area contributed by atoms with Crippen LogP contribution in [0, 0.1) is 11.8 Å². The van der Waals surface area contributed by atoms with Gasteiger partial charge in [-0.2, -0.15) is 5.10 Å². The van der Waals surface area contributed by atoms with Crippen LogP contribution < -0.4 is 5.73 Å². The predicted octanol–water partition coefficient (Wildman–Crippen LogP) is 1.50. The molecular weight excluding hydrogens is 314 g/mol. The molecule has 6 nitrogen and oxygen atoms in total.